The van der Waals surface area contributed by atoms with E-state index in [1.54, 1.807) is 41.7 Å². The van der Waals surface area contributed by atoms with Crippen molar-refractivity contribution >= 4 is 12.2 Å². The van der Waals surface area contributed by atoms with Gasteiger partial charge in [0.15, 0.2) is 0 Å². The molecule has 1 fully saturated rings. The van der Waals surface area contributed by atoms with Gasteiger partial charge in [0.1, 0.15) is 0 Å². The minimum Gasteiger partial charge on any atom is -1.00 e. The van der Waals surface area contributed by atoms with Gasteiger partial charge in [-0.2, -0.15) is 0 Å². The Hall–Kier alpha value is -0.617. The number of fused-ring (bicyclic) bond motifs is 2. The number of allylic oxidation sites excluding steroid dienone is 2. The fourth-order valence-electron chi connectivity index (χ4n) is 6.31. The molecule has 0 nitrogen and oxygen atoms in total. The molecule has 2 atom stereocenters. The number of rotatable bonds is 2. The predicted molar refractivity (Wildman–Crippen MR) is 114 cm³/mol. The van der Waals surface area contributed by atoms with Gasteiger partial charge in [-0.25, -0.2) is 0 Å². The first-order valence-electron chi connectivity index (χ1n) is 10.4. The average molecular weight is 505 g/mol. The van der Waals surface area contributed by atoms with Gasteiger partial charge in [0.25, 0.3) is 0 Å². The zero-order chi connectivity index (χ0) is 19.1. The molecular weight excluding hydrogens is 474 g/mol. The van der Waals surface area contributed by atoms with Crippen molar-refractivity contribution in [1.82, 2.24) is 0 Å². The van der Waals surface area contributed by atoms with Crippen molar-refractivity contribution in [3.05, 3.63) is 79.9 Å². The van der Waals surface area contributed by atoms with Gasteiger partial charge in [-0.3, -0.25) is 0 Å². The van der Waals surface area contributed by atoms with Gasteiger partial charge in [0.05, 0.1) is 0 Å². The van der Waals surface area contributed by atoms with Gasteiger partial charge in [0, 0.05) is 0 Å². The summed E-state index contributed by atoms with van der Waals surface area (Å²) in [6.45, 7) is 14.1. The quantitative estimate of drug-likeness (QED) is 0.583. The number of benzene rings is 2. The molecule has 0 N–H and O–H groups in total. The van der Waals surface area contributed by atoms with E-state index in [0.717, 1.165) is 7.25 Å². The molecule has 0 aromatic heterocycles. The molecule has 5 rings (SSSR count). The molecule has 1 saturated heterocycles. The Morgan fingerprint density at radius 3 is 1.28 bits per heavy atom. The van der Waals surface area contributed by atoms with Crippen LogP contribution in [-0.4, -0.2) is 0 Å². The Balaban J connectivity index is 0.00000120. The van der Waals surface area contributed by atoms with Crippen LogP contribution in [0, 0.1) is 27.7 Å². The molecule has 0 bridgehead atoms. The van der Waals surface area contributed by atoms with Crippen molar-refractivity contribution in [1.29, 1.82) is 0 Å². The van der Waals surface area contributed by atoms with Crippen LogP contribution in [0.2, 0.25) is 8.26 Å². The zero-order valence-electron chi connectivity index (χ0n) is 18.3. The summed E-state index contributed by atoms with van der Waals surface area (Å²) < 4.78 is 4.68. The summed E-state index contributed by atoms with van der Waals surface area (Å²) in [5, 5.41) is 0. The van der Waals surface area contributed by atoms with Crippen molar-refractivity contribution in [3.8, 4) is 0 Å². The molecule has 0 saturated carbocycles. The van der Waals surface area contributed by atoms with E-state index in [0.29, 0.717) is 0 Å². The monoisotopic (exact) mass is 502 g/mol. The van der Waals surface area contributed by atoms with Crippen LogP contribution in [0.3, 0.4) is 0 Å². The Bertz CT molecular complexity index is 975. The zero-order valence-corrected chi connectivity index (χ0v) is 22.3. The molecule has 1 aliphatic heterocycles. The van der Waals surface area contributed by atoms with Crippen LogP contribution in [0.25, 0.3) is 12.2 Å². The Morgan fingerprint density at radius 1 is 0.586 bits per heavy atom. The van der Waals surface area contributed by atoms with Crippen LogP contribution < -0.4 is 24.8 Å². The van der Waals surface area contributed by atoms with E-state index < -0.39 is 20.3 Å². The Kier molecular flexibility index (Phi) is 6.21. The van der Waals surface area contributed by atoms with Crippen LogP contribution in [0.4, 0.5) is 0 Å². The van der Waals surface area contributed by atoms with Crippen LogP contribution in [0.5, 0.6) is 0 Å². The van der Waals surface area contributed by atoms with Crippen molar-refractivity contribution in [2.24, 2.45) is 0 Å². The third kappa shape index (κ3) is 3.19. The maximum atomic E-state index is 2.54. The van der Waals surface area contributed by atoms with E-state index in [-0.39, 0.29) is 24.8 Å². The average Bonchev–Trinajstić information content (AvgIpc) is 3.19. The first kappa shape index (κ1) is 23.1. The van der Waals surface area contributed by atoms with E-state index in [1.807, 2.05) is 0 Å². The molecule has 0 amide bonds. The molecular formula is C26H30Cl2Zr. The summed E-state index contributed by atoms with van der Waals surface area (Å²) in [4.78, 5) is 0. The van der Waals surface area contributed by atoms with Crippen LogP contribution in [-0.2, 0) is 20.3 Å². The second-order valence-electron chi connectivity index (χ2n) is 9.43. The molecule has 2 unspecified atom stereocenters. The maximum Gasteiger partial charge on any atom is -1.00 e. The summed E-state index contributed by atoms with van der Waals surface area (Å²) in [7, 11) is 0. The topological polar surface area (TPSA) is 0 Å². The number of hydrogen-bond acceptors (Lipinski definition) is 0. The first-order chi connectivity index (χ1) is 12.8. The summed E-state index contributed by atoms with van der Waals surface area (Å²) in [6, 6.07) is 9.38. The maximum absolute atomic E-state index is 2.54. The van der Waals surface area contributed by atoms with Crippen molar-refractivity contribution in [2.45, 2.75) is 57.1 Å². The standard InChI is InChI=1S/2C12H13.C2H4.2ClH.Zr/c2*1-8-6-11-9(2)4-5-10(3)12(11)7-8;1-2;;;/h2*4-7H,1-3H3;1-2H2;2*1H;/q;;;;;+2/p-2. The minimum atomic E-state index is -2.40. The van der Waals surface area contributed by atoms with Crippen LogP contribution in [0.1, 0.15) is 65.6 Å². The molecule has 3 aliphatic rings. The predicted octanol–water partition coefficient (Wildman–Crippen LogP) is 1.55. The smallest absolute Gasteiger partial charge is 1.00 e. The largest absolute Gasteiger partial charge is 1.00 e. The molecule has 3 heteroatoms. The molecule has 0 radical (unpaired) electrons. The van der Waals surface area contributed by atoms with Crippen LogP contribution in [0.15, 0.2) is 35.4 Å². The molecule has 2 aliphatic carbocycles. The van der Waals surface area contributed by atoms with Gasteiger partial charge in [-0.05, 0) is 0 Å². The van der Waals surface area contributed by atoms with Gasteiger partial charge < -0.3 is 24.8 Å². The third-order valence-corrected chi connectivity index (χ3v) is 21.0. The minimum absolute atomic E-state index is 0. The second kappa shape index (κ2) is 7.82. The summed E-state index contributed by atoms with van der Waals surface area (Å²) in [5.74, 6) is 0. The summed E-state index contributed by atoms with van der Waals surface area (Å²) in [5.41, 5.74) is 15.9. The second-order valence-corrected chi connectivity index (χ2v) is 20.8. The van der Waals surface area contributed by atoms with E-state index >= 15 is 0 Å². The molecule has 2 aromatic rings. The molecule has 2 aromatic carbocycles. The van der Waals surface area contributed by atoms with Crippen LogP contribution >= 0.6 is 0 Å². The van der Waals surface area contributed by atoms with Gasteiger partial charge in [-0.1, -0.05) is 0 Å². The van der Waals surface area contributed by atoms with Gasteiger partial charge in [0.2, 0.25) is 0 Å². The number of hydrogen-bond donors (Lipinski definition) is 0. The summed E-state index contributed by atoms with van der Waals surface area (Å²) in [6.07, 6.45) is 5.08. The molecule has 0 spiro atoms. The Labute approximate surface area is 193 Å². The van der Waals surface area contributed by atoms with Crippen molar-refractivity contribution in [3.63, 3.8) is 0 Å². The van der Waals surface area contributed by atoms with Gasteiger partial charge in [-0.15, -0.1) is 0 Å². The number of aryl methyl sites for hydroxylation is 4. The van der Waals surface area contributed by atoms with E-state index in [2.05, 4.69) is 78.0 Å². The van der Waals surface area contributed by atoms with E-state index in [4.69, 9.17) is 0 Å². The molecule has 1 heterocycles. The fraction of sp³-hybridized carbons (Fsp3) is 0.385. The Morgan fingerprint density at radius 2 is 0.931 bits per heavy atom. The fourth-order valence-corrected chi connectivity index (χ4v) is 24.4. The number of halogens is 2. The van der Waals surface area contributed by atoms with Crippen molar-refractivity contribution in [2.75, 3.05) is 0 Å². The van der Waals surface area contributed by atoms with E-state index in [1.165, 1.54) is 22.3 Å². The van der Waals surface area contributed by atoms with Gasteiger partial charge >= 0.3 is 169 Å². The van der Waals surface area contributed by atoms with E-state index in [9.17, 15) is 0 Å². The SMILES string of the molecule is CC1=Cc2c(C)ccc(C)c2[CH]1[Zr+2]1([CH]2C(C)=Cc3c(C)ccc(C)c32)[CH2][CH2]1.[Cl-].[Cl-]. The summed E-state index contributed by atoms with van der Waals surface area (Å²) >= 11 is -2.40. The van der Waals surface area contributed by atoms with Crippen molar-refractivity contribution < 1.29 is 45.1 Å². The third-order valence-electron chi connectivity index (χ3n) is 7.66. The molecule has 29 heavy (non-hydrogen) atoms. The first-order valence-corrected chi connectivity index (χ1v) is 16.7. The normalized spacial score (nSPS) is 21.6. The molecule has 152 valence electrons.